The Labute approximate surface area is 161 Å². The van der Waals surface area contributed by atoms with Gasteiger partial charge in [-0.05, 0) is 24.3 Å². The fourth-order valence-corrected chi connectivity index (χ4v) is 2.40. The molecule has 0 fully saturated rings. The van der Waals surface area contributed by atoms with E-state index in [1.165, 1.54) is 24.3 Å². The Balaban J connectivity index is 1.97. The van der Waals surface area contributed by atoms with Crippen LogP contribution in [0, 0.1) is 24.7 Å². The summed E-state index contributed by atoms with van der Waals surface area (Å²) in [7, 11) is 0. The van der Waals surface area contributed by atoms with Gasteiger partial charge in [-0.3, -0.25) is 0 Å². The smallest absolute Gasteiger partial charge is 0.144 e. The molecule has 6 nitrogen and oxygen atoms in total. The van der Waals surface area contributed by atoms with Gasteiger partial charge in [-0.15, -0.1) is 12.8 Å². The average Bonchev–Trinajstić information content (AvgIpc) is 2.68. The predicted molar refractivity (Wildman–Crippen MR) is 107 cm³/mol. The van der Waals surface area contributed by atoms with Gasteiger partial charge in [0.15, 0.2) is 0 Å². The van der Waals surface area contributed by atoms with Gasteiger partial charge in [0.25, 0.3) is 0 Å². The molecule has 0 radical (unpaired) electrons. The quantitative estimate of drug-likeness (QED) is 0.315. The summed E-state index contributed by atoms with van der Waals surface area (Å²) in [5, 5.41) is 19.1. The molecule has 0 saturated carbocycles. The number of nitrogens with two attached hydrogens (primary N) is 2. The van der Waals surface area contributed by atoms with Crippen molar-refractivity contribution < 1.29 is 19.7 Å². The molecule has 6 heteroatoms. The molecule has 138 valence electrons. The summed E-state index contributed by atoms with van der Waals surface area (Å²) in [6, 6.07) is 12.0. The number of benzene rings is 3. The molecule has 0 unspecified atom stereocenters. The molecule has 0 spiro atoms. The first-order valence-corrected chi connectivity index (χ1v) is 8.05. The molecule has 0 aromatic heterocycles. The van der Waals surface area contributed by atoms with Gasteiger partial charge < -0.3 is 31.2 Å². The Morgan fingerprint density at radius 2 is 1.07 bits per heavy atom. The first kappa shape index (κ1) is 18.4. The Morgan fingerprint density at radius 1 is 0.679 bits per heavy atom. The minimum Gasteiger partial charge on any atom is -0.506 e. The van der Waals surface area contributed by atoms with Crippen LogP contribution in [0.2, 0.25) is 0 Å². The van der Waals surface area contributed by atoms with Crippen molar-refractivity contribution >= 4 is 11.4 Å². The number of phenols is 2. The largest absolute Gasteiger partial charge is 0.506 e. The molecule has 3 rings (SSSR count). The van der Waals surface area contributed by atoms with Crippen LogP contribution in [-0.2, 0) is 0 Å². The average molecular weight is 372 g/mol. The first-order chi connectivity index (χ1) is 13.4. The van der Waals surface area contributed by atoms with E-state index in [9.17, 15) is 10.2 Å². The summed E-state index contributed by atoms with van der Waals surface area (Å²) in [4.78, 5) is 0. The summed E-state index contributed by atoms with van der Waals surface area (Å²) in [6.07, 6.45) is 11.2. The van der Waals surface area contributed by atoms with E-state index in [1.807, 2.05) is 0 Å². The lowest BCUT2D eigenvalue weighted by Gasteiger charge is -2.14. The van der Waals surface area contributed by atoms with Crippen LogP contribution in [0.3, 0.4) is 0 Å². The molecule has 0 heterocycles. The molecular formula is C22H16N2O4. The van der Waals surface area contributed by atoms with E-state index in [0.29, 0.717) is 34.1 Å². The van der Waals surface area contributed by atoms with Crippen LogP contribution in [0.4, 0.5) is 11.4 Å². The Hall–Kier alpha value is -4.42. The van der Waals surface area contributed by atoms with Gasteiger partial charge in [0.05, 0.1) is 22.5 Å². The molecule has 0 atom stereocenters. The van der Waals surface area contributed by atoms with Crippen molar-refractivity contribution in [2.24, 2.45) is 0 Å². The van der Waals surface area contributed by atoms with Gasteiger partial charge in [0.2, 0.25) is 0 Å². The van der Waals surface area contributed by atoms with Gasteiger partial charge in [0, 0.05) is 24.3 Å². The maximum Gasteiger partial charge on any atom is 0.144 e. The molecule has 0 amide bonds. The van der Waals surface area contributed by atoms with Gasteiger partial charge in [-0.2, -0.15) is 0 Å². The fourth-order valence-electron chi connectivity index (χ4n) is 2.40. The predicted octanol–water partition coefficient (Wildman–Crippen LogP) is 3.81. The van der Waals surface area contributed by atoms with Crippen molar-refractivity contribution in [2.75, 3.05) is 11.5 Å². The molecule has 0 aliphatic carbocycles. The van der Waals surface area contributed by atoms with Crippen molar-refractivity contribution in [1.29, 1.82) is 0 Å². The number of ether oxygens (including phenoxy) is 2. The summed E-state index contributed by atoms with van der Waals surface area (Å²) in [6.45, 7) is 0. The number of hydrogen-bond donors (Lipinski definition) is 4. The summed E-state index contributed by atoms with van der Waals surface area (Å²) in [5.41, 5.74) is 12.5. The van der Waals surface area contributed by atoms with Crippen molar-refractivity contribution in [3.05, 3.63) is 59.7 Å². The third-order valence-electron chi connectivity index (χ3n) is 3.85. The van der Waals surface area contributed by atoms with E-state index < -0.39 is 0 Å². The fraction of sp³-hybridized carbons (Fsp3) is 0. The first-order valence-electron chi connectivity index (χ1n) is 8.05. The van der Waals surface area contributed by atoms with Crippen LogP contribution in [0.5, 0.6) is 34.5 Å². The highest BCUT2D eigenvalue weighted by Crippen LogP contribution is 2.36. The normalized spacial score (nSPS) is 9.93. The van der Waals surface area contributed by atoms with Crippen LogP contribution in [-0.4, -0.2) is 10.2 Å². The van der Waals surface area contributed by atoms with E-state index in [2.05, 4.69) is 11.8 Å². The number of hydrogen-bond acceptors (Lipinski definition) is 6. The highest BCUT2D eigenvalue weighted by molar-refractivity contribution is 5.62. The number of phenolic OH excluding ortho intramolecular Hbond substituents is 2. The van der Waals surface area contributed by atoms with Gasteiger partial charge in [0.1, 0.15) is 34.5 Å². The van der Waals surface area contributed by atoms with Crippen molar-refractivity contribution in [3.63, 3.8) is 0 Å². The van der Waals surface area contributed by atoms with Gasteiger partial charge in [-0.25, -0.2) is 0 Å². The van der Waals surface area contributed by atoms with E-state index in [-0.39, 0.29) is 22.9 Å². The third kappa shape index (κ3) is 3.72. The summed E-state index contributed by atoms with van der Waals surface area (Å²) >= 11 is 0. The van der Waals surface area contributed by atoms with Gasteiger partial charge in [-0.1, -0.05) is 11.8 Å². The van der Waals surface area contributed by atoms with E-state index in [4.69, 9.17) is 33.8 Å². The second-order valence-corrected chi connectivity index (χ2v) is 5.78. The SMILES string of the molecule is C#Cc1cc(Oc2ccc(O)c(N)c2)c(C#C)cc1Oc1ccc(O)c(N)c1. The lowest BCUT2D eigenvalue weighted by molar-refractivity contribution is 0.458. The molecule has 0 saturated heterocycles. The molecule has 6 N–H and O–H groups in total. The highest BCUT2D eigenvalue weighted by Gasteiger charge is 2.13. The zero-order chi connectivity index (χ0) is 20.3. The maximum absolute atomic E-state index is 9.53. The minimum absolute atomic E-state index is 0.0502. The van der Waals surface area contributed by atoms with E-state index in [0.717, 1.165) is 0 Å². The van der Waals surface area contributed by atoms with E-state index in [1.54, 1.807) is 24.3 Å². The van der Waals surface area contributed by atoms with Crippen LogP contribution in [0.15, 0.2) is 48.5 Å². The van der Waals surface area contributed by atoms with E-state index >= 15 is 0 Å². The Bertz CT molecular complexity index is 1050. The zero-order valence-corrected chi connectivity index (χ0v) is 14.6. The maximum atomic E-state index is 9.53. The molecule has 0 bridgehead atoms. The number of anilines is 2. The lowest BCUT2D eigenvalue weighted by Crippen LogP contribution is -1.95. The molecule has 28 heavy (non-hydrogen) atoms. The second kappa shape index (κ2) is 7.45. The van der Waals surface area contributed by atoms with Crippen molar-refractivity contribution in [2.45, 2.75) is 0 Å². The van der Waals surface area contributed by atoms with Crippen molar-refractivity contribution in [1.82, 2.24) is 0 Å². The number of terminal acetylenes is 2. The molecular weight excluding hydrogens is 356 g/mol. The van der Waals surface area contributed by atoms with Crippen LogP contribution in [0.1, 0.15) is 11.1 Å². The van der Waals surface area contributed by atoms with Gasteiger partial charge >= 0.3 is 0 Å². The minimum atomic E-state index is -0.0502. The van der Waals surface area contributed by atoms with Crippen LogP contribution >= 0.6 is 0 Å². The number of nitrogen functional groups attached to an aromatic ring is 2. The van der Waals surface area contributed by atoms with Crippen molar-refractivity contribution in [3.8, 4) is 59.2 Å². The number of aromatic hydroxyl groups is 2. The summed E-state index contributed by atoms with van der Waals surface area (Å²) < 4.78 is 11.6. The molecule has 3 aromatic carbocycles. The Kier molecular flexibility index (Phi) is 4.89. The number of rotatable bonds is 4. The standard InChI is InChI=1S/C22H16N2O4/c1-3-13-9-22(28-16-6-8-20(26)18(24)12-16)14(4-2)10-21(13)27-15-5-7-19(25)17(23)11-15/h1-2,5-12,25-26H,23-24H2. The molecule has 3 aromatic rings. The molecule has 0 aliphatic heterocycles. The second-order valence-electron chi connectivity index (χ2n) is 5.78. The Morgan fingerprint density at radius 3 is 1.39 bits per heavy atom. The monoisotopic (exact) mass is 372 g/mol. The molecule has 0 aliphatic rings. The lowest BCUT2D eigenvalue weighted by atomic mass is 10.1. The topological polar surface area (TPSA) is 111 Å². The zero-order valence-electron chi connectivity index (χ0n) is 14.6. The highest BCUT2D eigenvalue weighted by atomic mass is 16.5. The third-order valence-corrected chi connectivity index (χ3v) is 3.85. The van der Waals surface area contributed by atoms with Crippen LogP contribution in [0.25, 0.3) is 0 Å². The van der Waals surface area contributed by atoms with Crippen LogP contribution < -0.4 is 20.9 Å². The summed E-state index contributed by atoms with van der Waals surface area (Å²) in [5.74, 6) is 6.37.